The molecule has 2 heteroatoms. The van der Waals surface area contributed by atoms with E-state index in [9.17, 15) is 9.50 Å². The molecule has 0 bridgehead atoms. The summed E-state index contributed by atoms with van der Waals surface area (Å²) in [5.74, 6) is -1.04. The van der Waals surface area contributed by atoms with Gasteiger partial charge >= 0.3 is 0 Å². The minimum Gasteiger partial charge on any atom is -0.287 e. The van der Waals surface area contributed by atoms with Crippen molar-refractivity contribution in [3.8, 4) is 5.75 Å². The van der Waals surface area contributed by atoms with Gasteiger partial charge in [-0.1, -0.05) is 51.2 Å². The van der Waals surface area contributed by atoms with Gasteiger partial charge in [0.1, 0.15) is 0 Å². The Bertz CT molecular complexity index is 310. The lowest BCUT2D eigenvalue weighted by Gasteiger charge is -2.03. The van der Waals surface area contributed by atoms with Gasteiger partial charge in [0.25, 0.3) is 0 Å². The van der Waals surface area contributed by atoms with Crippen molar-refractivity contribution >= 4 is 0 Å². The van der Waals surface area contributed by atoms with E-state index in [2.05, 4.69) is 6.92 Å². The van der Waals surface area contributed by atoms with Gasteiger partial charge in [0, 0.05) is 0 Å². The van der Waals surface area contributed by atoms with E-state index in [1.807, 2.05) is 0 Å². The van der Waals surface area contributed by atoms with Crippen molar-refractivity contribution in [1.29, 1.82) is 0 Å². The van der Waals surface area contributed by atoms with E-state index in [0.717, 1.165) is 12.8 Å². The van der Waals surface area contributed by atoms with E-state index >= 15 is 0 Å². The first kappa shape index (κ1) is 13.0. The molecule has 1 aromatic carbocycles. The van der Waals surface area contributed by atoms with Crippen LogP contribution in [-0.4, -0.2) is 0 Å². The van der Waals surface area contributed by atoms with Gasteiger partial charge < -0.3 is 0 Å². The second-order valence-electron chi connectivity index (χ2n) is 4.25. The molecule has 0 amide bonds. The number of benzene rings is 1. The fourth-order valence-corrected chi connectivity index (χ4v) is 1.85. The van der Waals surface area contributed by atoms with Crippen LogP contribution in [0.3, 0.4) is 0 Å². The van der Waals surface area contributed by atoms with Crippen LogP contribution in [0.4, 0.5) is 4.39 Å². The van der Waals surface area contributed by atoms with Crippen molar-refractivity contribution in [3.05, 3.63) is 29.6 Å². The summed E-state index contributed by atoms with van der Waals surface area (Å²) in [6, 6.07) is 4.63. The fourth-order valence-electron chi connectivity index (χ4n) is 1.85. The van der Waals surface area contributed by atoms with Gasteiger partial charge in [0.2, 0.25) is 5.75 Å². The zero-order valence-electron chi connectivity index (χ0n) is 9.97. The summed E-state index contributed by atoms with van der Waals surface area (Å²) in [5.41, 5.74) is 0.572. The van der Waals surface area contributed by atoms with Crippen molar-refractivity contribution in [1.82, 2.24) is 0 Å². The van der Waals surface area contributed by atoms with Crippen LogP contribution < -0.4 is 0 Å². The Morgan fingerprint density at radius 1 is 1.06 bits per heavy atom. The summed E-state index contributed by atoms with van der Waals surface area (Å²) in [5, 5.41) is 11.0. The lowest BCUT2D eigenvalue weighted by Crippen LogP contribution is -1.91. The molecule has 0 spiro atoms. The highest BCUT2D eigenvalue weighted by molar-refractivity contribution is 5.29. The second kappa shape index (κ2) is 7.26. The van der Waals surface area contributed by atoms with Crippen LogP contribution >= 0.6 is 0 Å². The Morgan fingerprint density at radius 2 is 1.75 bits per heavy atom. The summed E-state index contributed by atoms with van der Waals surface area (Å²) in [4.78, 5) is 0. The van der Waals surface area contributed by atoms with E-state index in [-0.39, 0.29) is 0 Å². The summed E-state index contributed by atoms with van der Waals surface area (Å²) < 4.78 is 13.3. The quantitative estimate of drug-likeness (QED) is 0.587. The van der Waals surface area contributed by atoms with Crippen LogP contribution in [0.2, 0.25) is 0 Å². The van der Waals surface area contributed by atoms with Crippen molar-refractivity contribution in [2.24, 2.45) is 0 Å². The third-order valence-corrected chi connectivity index (χ3v) is 2.84. The van der Waals surface area contributed by atoms with Gasteiger partial charge in [-0.25, -0.2) is 4.39 Å². The number of hydrogen-bond donors (Lipinski definition) is 0. The molecule has 1 nitrogen and oxygen atoms in total. The standard InChI is InChI=1S/C14H20FO/c1-2-3-4-5-6-7-9-12-10-8-11-13(16)14(12)15/h8,10-11H,2-7,9H2,1H3. The SMILES string of the molecule is CCCCCCCCc1cccc([O])c1F. The Morgan fingerprint density at radius 3 is 2.50 bits per heavy atom. The molecular formula is C14H20FO. The van der Waals surface area contributed by atoms with Gasteiger partial charge in [-0.2, -0.15) is 0 Å². The zero-order chi connectivity index (χ0) is 11.8. The molecule has 0 fully saturated rings. The fraction of sp³-hybridized carbons (Fsp3) is 0.571. The Labute approximate surface area is 97.3 Å². The number of halogens is 1. The first-order chi connectivity index (χ1) is 7.75. The van der Waals surface area contributed by atoms with E-state index in [4.69, 9.17) is 0 Å². The summed E-state index contributed by atoms with van der Waals surface area (Å²) in [6.45, 7) is 2.19. The minimum atomic E-state index is -0.559. The summed E-state index contributed by atoms with van der Waals surface area (Å²) in [7, 11) is 0. The molecule has 0 aliphatic heterocycles. The van der Waals surface area contributed by atoms with Crippen molar-refractivity contribution in [3.63, 3.8) is 0 Å². The predicted octanol–water partition coefficient (Wildman–Crippen LogP) is 4.87. The van der Waals surface area contributed by atoms with Crippen LogP contribution in [0, 0.1) is 5.82 Å². The molecule has 1 aromatic rings. The second-order valence-corrected chi connectivity index (χ2v) is 4.25. The van der Waals surface area contributed by atoms with Crippen LogP contribution in [0.1, 0.15) is 51.0 Å². The molecule has 0 aliphatic rings. The predicted molar refractivity (Wildman–Crippen MR) is 63.6 cm³/mol. The third-order valence-electron chi connectivity index (χ3n) is 2.84. The normalized spacial score (nSPS) is 10.6. The molecule has 0 saturated heterocycles. The van der Waals surface area contributed by atoms with Crippen LogP contribution in [0.15, 0.2) is 18.2 Å². The first-order valence-corrected chi connectivity index (χ1v) is 6.20. The van der Waals surface area contributed by atoms with Gasteiger partial charge in [0.15, 0.2) is 5.82 Å². The van der Waals surface area contributed by atoms with E-state index in [1.54, 1.807) is 12.1 Å². The molecule has 0 aliphatic carbocycles. The molecular weight excluding hydrogens is 203 g/mol. The smallest absolute Gasteiger partial charge is 0.214 e. The highest BCUT2D eigenvalue weighted by atomic mass is 19.1. The van der Waals surface area contributed by atoms with Crippen molar-refractivity contribution in [2.45, 2.75) is 51.9 Å². The lowest BCUT2D eigenvalue weighted by molar-refractivity contribution is 0.328. The molecule has 0 atom stereocenters. The van der Waals surface area contributed by atoms with Gasteiger partial charge in [-0.3, -0.25) is 5.11 Å². The van der Waals surface area contributed by atoms with Crippen LogP contribution in [0.5, 0.6) is 5.75 Å². The molecule has 1 rings (SSSR count). The molecule has 0 saturated carbocycles. The maximum atomic E-state index is 13.3. The number of hydrogen-bond acceptors (Lipinski definition) is 0. The molecule has 1 radical (unpaired) electrons. The number of aryl methyl sites for hydroxylation is 1. The Hall–Kier alpha value is -1.05. The largest absolute Gasteiger partial charge is 0.287 e. The van der Waals surface area contributed by atoms with E-state index < -0.39 is 11.6 Å². The zero-order valence-corrected chi connectivity index (χ0v) is 9.97. The maximum Gasteiger partial charge on any atom is 0.214 e. The van der Waals surface area contributed by atoms with Crippen molar-refractivity contribution < 1.29 is 9.50 Å². The summed E-state index contributed by atoms with van der Waals surface area (Å²) in [6.07, 6.45) is 7.80. The molecule has 0 aromatic heterocycles. The Balaban J connectivity index is 2.24. The lowest BCUT2D eigenvalue weighted by atomic mass is 10.0. The van der Waals surface area contributed by atoms with Gasteiger partial charge in [-0.05, 0) is 24.5 Å². The Kier molecular flexibility index (Phi) is 5.91. The minimum absolute atomic E-state index is 0.483. The first-order valence-electron chi connectivity index (χ1n) is 6.20. The van der Waals surface area contributed by atoms with Gasteiger partial charge in [-0.15, -0.1) is 0 Å². The topological polar surface area (TPSA) is 19.9 Å². The van der Waals surface area contributed by atoms with E-state index in [1.165, 1.54) is 31.7 Å². The van der Waals surface area contributed by atoms with E-state index in [0.29, 0.717) is 12.0 Å². The molecule has 16 heavy (non-hydrogen) atoms. The highest BCUT2D eigenvalue weighted by Crippen LogP contribution is 2.21. The monoisotopic (exact) mass is 223 g/mol. The van der Waals surface area contributed by atoms with Crippen LogP contribution in [-0.2, 0) is 11.5 Å². The molecule has 0 unspecified atom stereocenters. The number of unbranched alkanes of at least 4 members (excludes halogenated alkanes) is 5. The van der Waals surface area contributed by atoms with Crippen molar-refractivity contribution in [2.75, 3.05) is 0 Å². The molecule has 0 heterocycles. The molecule has 89 valence electrons. The average Bonchev–Trinajstić information content (AvgIpc) is 2.29. The average molecular weight is 223 g/mol. The van der Waals surface area contributed by atoms with Crippen LogP contribution in [0.25, 0.3) is 0 Å². The summed E-state index contributed by atoms with van der Waals surface area (Å²) >= 11 is 0. The molecule has 0 N–H and O–H groups in total. The maximum absolute atomic E-state index is 13.3. The highest BCUT2D eigenvalue weighted by Gasteiger charge is 2.07. The van der Waals surface area contributed by atoms with Gasteiger partial charge in [0.05, 0.1) is 0 Å². The number of rotatable bonds is 7. The third kappa shape index (κ3) is 4.21.